The first-order valence-electron chi connectivity index (χ1n) is 9.61. The fraction of sp³-hybridized carbons (Fsp3) is 0.333. The highest BCUT2D eigenvalue weighted by Gasteiger charge is 2.20. The molecule has 0 fully saturated rings. The van der Waals surface area contributed by atoms with Gasteiger partial charge in [-0.1, -0.05) is 17.7 Å². The van der Waals surface area contributed by atoms with Crippen LogP contribution in [0.2, 0.25) is 5.02 Å². The van der Waals surface area contributed by atoms with E-state index in [4.69, 9.17) is 16.3 Å². The van der Waals surface area contributed by atoms with Crippen LogP contribution in [0.25, 0.3) is 11.0 Å². The highest BCUT2D eigenvalue weighted by Crippen LogP contribution is 2.29. The van der Waals surface area contributed by atoms with Gasteiger partial charge in [0.2, 0.25) is 5.91 Å². The average Bonchev–Trinajstić information content (AvgIpc) is 2.99. The van der Waals surface area contributed by atoms with E-state index in [1.807, 2.05) is 13.8 Å². The highest BCUT2D eigenvalue weighted by atomic mass is 35.5. The molecule has 3 aromatic rings. The number of nitrogens with zero attached hydrogens (tertiary/aromatic N) is 3. The zero-order chi connectivity index (χ0) is 21.8. The normalized spacial score (nSPS) is 10.8. The second-order valence-electron chi connectivity index (χ2n) is 6.81. The second kappa shape index (κ2) is 9.13. The summed E-state index contributed by atoms with van der Waals surface area (Å²) in [6.07, 6.45) is 1.66. The van der Waals surface area contributed by atoms with Crippen LogP contribution in [-0.2, 0) is 16.6 Å². The third-order valence-electron chi connectivity index (χ3n) is 4.72. The van der Waals surface area contributed by atoms with Crippen LogP contribution >= 0.6 is 11.6 Å². The Bertz CT molecular complexity index is 1110. The smallest absolute Gasteiger partial charge is 0.341 e. The number of ether oxygens (including phenoxy) is 1. The number of pyridine rings is 1. The number of esters is 1. The first-order valence-corrected chi connectivity index (χ1v) is 9.99. The van der Waals surface area contributed by atoms with Crippen molar-refractivity contribution in [2.45, 2.75) is 27.2 Å². The summed E-state index contributed by atoms with van der Waals surface area (Å²) >= 11 is 6.11. The SMILES string of the molecule is CCOC(=O)c1cnc2c(c(C)nn2C)c1NCCC(=O)Nc1cccc(Cl)c1C. The average molecular weight is 430 g/mol. The Morgan fingerprint density at radius 3 is 2.77 bits per heavy atom. The summed E-state index contributed by atoms with van der Waals surface area (Å²) in [6.45, 7) is 6.00. The molecule has 0 radical (unpaired) electrons. The minimum Gasteiger partial charge on any atom is -0.462 e. The van der Waals surface area contributed by atoms with Gasteiger partial charge in [-0.15, -0.1) is 0 Å². The van der Waals surface area contributed by atoms with Gasteiger partial charge < -0.3 is 15.4 Å². The van der Waals surface area contributed by atoms with Crippen LogP contribution in [0.1, 0.15) is 35.0 Å². The number of carbonyl (C=O) groups excluding carboxylic acids is 2. The lowest BCUT2D eigenvalue weighted by Crippen LogP contribution is -2.18. The molecule has 0 saturated carbocycles. The lowest BCUT2D eigenvalue weighted by atomic mass is 10.1. The molecule has 1 aromatic carbocycles. The molecule has 3 rings (SSSR count). The van der Waals surface area contributed by atoms with E-state index in [2.05, 4.69) is 20.7 Å². The molecule has 0 atom stereocenters. The van der Waals surface area contributed by atoms with Gasteiger partial charge in [0.1, 0.15) is 5.56 Å². The van der Waals surface area contributed by atoms with Crippen molar-refractivity contribution in [3.8, 4) is 0 Å². The van der Waals surface area contributed by atoms with Crippen LogP contribution in [0.15, 0.2) is 24.4 Å². The molecule has 1 amide bonds. The van der Waals surface area contributed by atoms with Crippen molar-refractivity contribution in [3.63, 3.8) is 0 Å². The molecular weight excluding hydrogens is 406 g/mol. The van der Waals surface area contributed by atoms with Crippen molar-refractivity contribution in [1.82, 2.24) is 14.8 Å². The maximum atomic E-state index is 12.4. The van der Waals surface area contributed by atoms with Crippen LogP contribution in [0, 0.1) is 13.8 Å². The molecule has 8 nitrogen and oxygen atoms in total. The summed E-state index contributed by atoms with van der Waals surface area (Å²) in [4.78, 5) is 29.2. The Hall–Kier alpha value is -3.13. The van der Waals surface area contributed by atoms with Gasteiger partial charge in [-0.2, -0.15) is 5.10 Å². The molecule has 158 valence electrons. The quantitative estimate of drug-likeness (QED) is 0.553. The number of carbonyl (C=O) groups is 2. The summed E-state index contributed by atoms with van der Waals surface area (Å²) in [6, 6.07) is 5.36. The largest absolute Gasteiger partial charge is 0.462 e. The van der Waals surface area contributed by atoms with Crippen molar-refractivity contribution in [2.75, 3.05) is 23.8 Å². The molecule has 9 heteroatoms. The molecule has 0 saturated heterocycles. The van der Waals surface area contributed by atoms with Gasteiger partial charge in [-0.25, -0.2) is 9.78 Å². The standard InChI is InChI=1S/C21H24ClN5O3/c1-5-30-21(29)14-11-24-20-18(13(3)26-27(20)4)19(14)23-10-9-17(28)25-16-8-6-7-15(22)12(16)2/h6-8,11H,5,9-10H2,1-4H3,(H,23,24)(H,25,28). The lowest BCUT2D eigenvalue weighted by molar-refractivity contribution is -0.115. The number of benzene rings is 1. The van der Waals surface area contributed by atoms with E-state index in [9.17, 15) is 9.59 Å². The van der Waals surface area contributed by atoms with Gasteiger partial charge in [0.05, 0.1) is 23.4 Å². The highest BCUT2D eigenvalue weighted by molar-refractivity contribution is 6.31. The fourth-order valence-electron chi connectivity index (χ4n) is 3.22. The fourth-order valence-corrected chi connectivity index (χ4v) is 3.39. The van der Waals surface area contributed by atoms with Crippen LogP contribution in [0.3, 0.4) is 0 Å². The topological polar surface area (TPSA) is 98.1 Å². The molecule has 0 unspecified atom stereocenters. The Balaban J connectivity index is 1.79. The van der Waals surface area contributed by atoms with E-state index in [1.54, 1.807) is 36.9 Å². The second-order valence-corrected chi connectivity index (χ2v) is 7.22. The van der Waals surface area contributed by atoms with Crippen molar-refractivity contribution < 1.29 is 14.3 Å². The Morgan fingerprint density at radius 1 is 1.27 bits per heavy atom. The number of rotatable bonds is 7. The molecular formula is C21H24ClN5O3. The van der Waals surface area contributed by atoms with E-state index in [0.29, 0.717) is 34.2 Å². The monoisotopic (exact) mass is 429 g/mol. The molecule has 0 aliphatic carbocycles. The van der Waals surface area contributed by atoms with Crippen molar-refractivity contribution in [3.05, 3.63) is 46.2 Å². The number of halogens is 1. The number of hydrogen-bond acceptors (Lipinski definition) is 6. The minimum absolute atomic E-state index is 0.168. The van der Waals surface area contributed by atoms with Crippen LogP contribution in [0.4, 0.5) is 11.4 Å². The summed E-state index contributed by atoms with van der Waals surface area (Å²) in [5.41, 5.74) is 3.73. The molecule has 2 N–H and O–H groups in total. The predicted octanol–water partition coefficient (Wildman–Crippen LogP) is 3.86. The Morgan fingerprint density at radius 2 is 2.03 bits per heavy atom. The van der Waals surface area contributed by atoms with Gasteiger partial charge in [0, 0.05) is 36.9 Å². The first-order chi connectivity index (χ1) is 14.3. The van der Waals surface area contributed by atoms with Gasteiger partial charge in [0.25, 0.3) is 0 Å². The number of fused-ring (bicyclic) bond motifs is 1. The summed E-state index contributed by atoms with van der Waals surface area (Å²) in [7, 11) is 1.79. The number of hydrogen-bond donors (Lipinski definition) is 2. The van der Waals surface area contributed by atoms with Crippen LogP contribution < -0.4 is 10.6 Å². The van der Waals surface area contributed by atoms with E-state index in [0.717, 1.165) is 16.6 Å². The number of nitrogens with one attached hydrogen (secondary N) is 2. The third kappa shape index (κ3) is 4.38. The van der Waals surface area contributed by atoms with E-state index in [1.165, 1.54) is 6.20 Å². The zero-order valence-corrected chi connectivity index (χ0v) is 18.1. The van der Waals surface area contributed by atoms with E-state index < -0.39 is 5.97 Å². The third-order valence-corrected chi connectivity index (χ3v) is 5.13. The van der Waals surface area contributed by atoms with Gasteiger partial charge in [-0.05, 0) is 38.5 Å². The zero-order valence-electron chi connectivity index (χ0n) is 17.4. The number of aromatic nitrogens is 3. The maximum absolute atomic E-state index is 12.4. The van der Waals surface area contributed by atoms with E-state index >= 15 is 0 Å². The van der Waals surface area contributed by atoms with Crippen LogP contribution in [-0.4, -0.2) is 39.8 Å². The lowest BCUT2D eigenvalue weighted by Gasteiger charge is -2.13. The van der Waals surface area contributed by atoms with Crippen LogP contribution in [0.5, 0.6) is 0 Å². The molecule has 0 spiro atoms. The maximum Gasteiger partial charge on any atom is 0.341 e. The van der Waals surface area contributed by atoms with Crippen molar-refractivity contribution >= 4 is 45.9 Å². The van der Waals surface area contributed by atoms with Gasteiger partial charge in [0.15, 0.2) is 5.65 Å². The number of anilines is 2. The predicted molar refractivity (Wildman–Crippen MR) is 117 cm³/mol. The minimum atomic E-state index is -0.475. The van der Waals surface area contributed by atoms with Gasteiger partial charge in [-0.3, -0.25) is 9.48 Å². The van der Waals surface area contributed by atoms with Gasteiger partial charge >= 0.3 is 5.97 Å². The molecule has 0 aliphatic rings. The summed E-state index contributed by atoms with van der Waals surface area (Å²) in [5, 5.41) is 11.8. The van der Waals surface area contributed by atoms with E-state index in [-0.39, 0.29) is 18.9 Å². The molecule has 30 heavy (non-hydrogen) atoms. The summed E-state index contributed by atoms with van der Waals surface area (Å²) in [5.74, 6) is -0.643. The van der Waals surface area contributed by atoms with Crippen molar-refractivity contribution in [2.24, 2.45) is 7.05 Å². The molecule has 0 bridgehead atoms. The molecule has 0 aliphatic heterocycles. The first kappa shape index (κ1) is 21.6. The summed E-state index contributed by atoms with van der Waals surface area (Å²) < 4.78 is 6.81. The Labute approximate surface area is 179 Å². The Kier molecular flexibility index (Phi) is 6.56. The molecule has 2 heterocycles. The molecule has 2 aromatic heterocycles. The number of amides is 1. The number of aryl methyl sites for hydroxylation is 2. The van der Waals surface area contributed by atoms with Crippen molar-refractivity contribution in [1.29, 1.82) is 0 Å².